The maximum Gasteiger partial charge on any atom is 0.164 e. The molecule has 2 aromatic rings. The summed E-state index contributed by atoms with van der Waals surface area (Å²) >= 11 is 3.11. The molecule has 0 saturated heterocycles. The molecule has 0 saturated carbocycles. The molecule has 1 aromatic heterocycles. The third kappa shape index (κ3) is 2.44. The highest BCUT2D eigenvalue weighted by Gasteiger charge is 2.13. The smallest absolute Gasteiger partial charge is 0.164 e. The Bertz CT molecular complexity index is 556. The lowest BCUT2D eigenvalue weighted by molar-refractivity contribution is 0.264. The molecule has 0 unspecified atom stereocenters. The molecule has 4 nitrogen and oxygen atoms in total. The van der Waals surface area contributed by atoms with Crippen LogP contribution in [0.15, 0.2) is 22.7 Å². The number of aromatic nitrogens is 3. The van der Waals surface area contributed by atoms with Crippen molar-refractivity contribution in [1.82, 2.24) is 14.8 Å². The van der Waals surface area contributed by atoms with E-state index in [0.29, 0.717) is 28.2 Å². The summed E-state index contributed by atoms with van der Waals surface area (Å²) in [4.78, 5) is 0. The van der Waals surface area contributed by atoms with E-state index in [1.807, 2.05) is 11.5 Å². The van der Waals surface area contributed by atoms with E-state index < -0.39 is 0 Å². The van der Waals surface area contributed by atoms with E-state index in [9.17, 15) is 9.50 Å². The summed E-state index contributed by atoms with van der Waals surface area (Å²) in [7, 11) is 0. The van der Waals surface area contributed by atoms with Crippen molar-refractivity contribution >= 4 is 15.9 Å². The summed E-state index contributed by atoms with van der Waals surface area (Å²) in [5.41, 5.74) is 0.649. The van der Waals surface area contributed by atoms with Crippen molar-refractivity contribution in [1.29, 1.82) is 0 Å². The number of rotatable bonds is 4. The molecule has 0 bridgehead atoms. The van der Waals surface area contributed by atoms with Crippen LogP contribution in [0, 0.1) is 5.82 Å². The molecule has 0 spiro atoms. The summed E-state index contributed by atoms with van der Waals surface area (Å²) in [5.74, 6) is 0.728. The first-order valence-electron chi connectivity index (χ1n) is 5.65. The zero-order valence-electron chi connectivity index (χ0n) is 9.90. The number of hydrogen-bond acceptors (Lipinski definition) is 3. The largest absolute Gasteiger partial charge is 0.388 e. The van der Waals surface area contributed by atoms with Gasteiger partial charge < -0.3 is 9.67 Å². The molecule has 0 atom stereocenters. The Labute approximate surface area is 113 Å². The lowest BCUT2D eigenvalue weighted by Crippen LogP contribution is -2.05. The number of hydrogen-bond donors (Lipinski definition) is 1. The Hall–Kier alpha value is -1.27. The van der Waals surface area contributed by atoms with E-state index in [0.717, 1.165) is 6.42 Å². The molecule has 0 fully saturated rings. The van der Waals surface area contributed by atoms with E-state index in [1.165, 1.54) is 6.07 Å². The average Bonchev–Trinajstić information content (AvgIpc) is 2.76. The Balaban J connectivity index is 2.49. The van der Waals surface area contributed by atoms with Gasteiger partial charge in [-0.25, -0.2) is 4.39 Å². The standard InChI is InChI=1S/C12H13BrFN3O/c1-2-5-17-11(7-18)15-16-12(17)8-3-4-9(13)10(14)6-8/h3-4,6,18H,2,5,7H2,1H3. The minimum Gasteiger partial charge on any atom is -0.388 e. The molecule has 0 aliphatic rings. The zero-order chi connectivity index (χ0) is 13.1. The number of aliphatic hydroxyl groups is 1. The van der Waals surface area contributed by atoms with Gasteiger partial charge in [0.15, 0.2) is 11.6 Å². The van der Waals surface area contributed by atoms with Crippen LogP contribution < -0.4 is 0 Å². The Kier molecular flexibility index (Phi) is 4.08. The second kappa shape index (κ2) is 5.58. The Morgan fingerprint density at radius 2 is 2.17 bits per heavy atom. The van der Waals surface area contributed by atoms with E-state index in [-0.39, 0.29) is 12.4 Å². The first-order chi connectivity index (χ1) is 8.67. The fourth-order valence-electron chi connectivity index (χ4n) is 1.76. The average molecular weight is 314 g/mol. The van der Waals surface area contributed by atoms with Gasteiger partial charge in [0.1, 0.15) is 12.4 Å². The van der Waals surface area contributed by atoms with Gasteiger partial charge in [-0.2, -0.15) is 0 Å². The number of halogens is 2. The molecule has 2 rings (SSSR count). The van der Waals surface area contributed by atoms with Crippen molar-refractivity contribution in [2.45, 2.75) is 26.5 Å². The third-order valence-corrected chi connectivity index (χ3v) is 3.24. The highest BCUT2D eigenvalue weighted by Crippen LogP contribution is 2.24. The van der Waals surface area contributed by atoms with Gasteiger partial charge in [-0.1, -0.05) is 6.92 Å². The van der Waals surface area contributed by atoms with Crippen LogP contribution in [0.5, 0.6) is 0 Å². The van der Waals surface area contributed by atoms with Crippen molar-refractivity contribution < 1.29 is 9.50 Å². The molecule has 6 heteroatoms. The maximum atomic E-state index is 13.5. The van der Waals surface area contributed by atoms with Gasteiger partial charge >= 0.3 is 0 Å². The maximum absolute atomic E-state index is 13.5. The van der Waals surface area contributed by atoms with E-state index in [4.69, 9.17) is 0 Å². The predicted octanol–water partition coefficient (Wildman–Crippen LogP) is 2.75. The van der Waals surface area contributed by atoms with Crippen molar-refractivity contribution in [3.8, 4) is 11.4 Å². The fraction of sp³-hybridized carbons (Fsp3) is 0.333. The van der Waals surface area contributed by atoms with Gasteiger partial charge in [0, 0.05) is 12.1 Å². The minimum absolute atomic E-state index is 0.175. The first-order valence-corrected chi connectivity index (χ1v) is 6.45. The van der Waals surface area contributed by atoms with Crippen LogP contribution in [0.2, 0.25) is 0 Å². The molecule has 1 heterocycles. The topological polar surface area (TPSA) is 50.9 Å². The lowest BCUT2D eigenvalue weighted by atomic mass is 10.2. The molecule has 0 aliphatic carbocycles. The highest BCUT2D eigenvalue weighted by molar-refractivity contribution is 9.10. The van der Waals surface area contributed by atoms with Crippen molar-refractivity contribution in [3.63, 3.8) is 0 Å². The van der Waals surface area contributed by atoms with E-state index in [2.05, 4.69) is 26.1 Å². The summed E-state index contributed by atoms with van der Waals surface area (Å²) in [6, 6.07) is 4.81. The van der Waals surface area contributed by atoms with Crippen molar-refractivity contribution in [2.24, 2.45) is 0 Å². The normalized spacial score (nSPS) is 10.9. The van der Waals surface area contributed by atoms with E-state index >= 15 is 0 Å². The van der Waals surface area contributed by atoms with Crippen LogP contribution in [-0.2, 0) is 13.2 Å². The summed E-state index contributed by atoms with van der Waals surface area (Å²) in [6.45, 7) is 2.54. The van der Waals surface area contributed by atoms with Crippen LogP contribution in [0.4, 0.5) is 4.39 Å². The third-order valence-electron chi connectivity index (χ3n) is 2.59. The zero-order valence-corrected chi connectivity index (χ0v) is 11.5. The molecule has 0 aliphatic heterocycles. The fourth-order valence-corrected chi connectivity index (χ4v) is 2.01. The molecule has 1 aromatic carbocycles. The van der Waals surface area contributed by atoms with Crippen LogP contribution in [0.3, 0.4) is 0 Å². The summed E-state index contributed by atoms with van der Waals surface area (Å²) in [5, 5.41) is 17.1. The van der Waals surface area contributed by atoms with Gasteiger partial charge in [-0.3, -0.25) is 0 Å². The SMILES string of the molecule is CCCn1c(CO)nnc1-c1ccc(Br)c(F)c1. The Morgan fingerprint density at radius 1 is 1.39 bits per heavy atom. The Morgan fingerprint density at radius 3 is 2.78 bits per heavy atom. The lowest BCUT2D eigenvalue weighted by Gasteiger charge is -2.08. The predicted molar refractivity (Wildman–Crippen MR) is 69.3 cm³/mol. The molecular formula is C12H13BrFN3O. The van der Waals surface area contributed by atoms with Gasteiger partial charge in [0.05, 0.1) is 4.47 Å². The highest BCUT2D eigenvalue weighted by atomic mass is 79.9. The van der Waals surface area contributed by atoms with Crippen molar-refractivity contribution in [2.75, 3.05) is 0 Å². The molecule has 96 valence electrons. The van der Waals surface area contributed by atoms with E-state index in [1.54, 1.807) is 12.1 Å². The number of nitrogens with zero attached hydrogens (tertiary/aromatic N) is 3. The van der Waals surface area contributed by atoms with Crippen molar-refractivity contribution in [3.05, 3.63) is 34.3 Å². The second-order valence-electron chi connectivity index (χ2n) is 3.88. The van der Waals surface area contributed by atoms with Crippen LogP contribution in [-0.4, -0.2) is 19.9 Å². The van der Waals surface area contributed by atoms with Gasteiger partial charge in [0.2, 0.25) is 0 Å². The van der Waals surface area contributed by atoms with Crippen LogP contribution in [0.25, 0.3) is 11.4 Å². The van der Waals surface area contributed by atoms with Gasteiger partial charge in [0.25, 0.3) is 0 Å². The minimum atomic E-state index is -0.343. The number of benzene rings is 1. The second-order valence-corrected chi connectivity index (χ2v) is 4.73. The van der Waals surface area contributed by atoms with Gasteiger partial charge in [-0.05, 0) is 40.5 Å². The monoisotopic (exact) mass is 313 g/mol. The summed E-state index contributed by atoms with van der Waals surface area (Å²) < 4.78 is 15.7. The molecule has 0 radical (unpaired) electrons. The molecule has 18 heavy (non-hydrogen) atoms. The first kappa shape index (κ1) is 13.2. The van der Waals surface area contributed by atoms with Crippen LogP contribution in [0.1, 0.15) is 19.2 Å². The molecule has 1 N–H and O–H groups in total. The molecular weight excluding hydrogens is 301 g/mol. The molecule has 0 amide bonds. The quantitative estimate of drug-likeness (QED) is 0.944. The van der Waals surface area contributed by atoms with Crippen LogP contribution >= 0.6 is 15.9 Å². The number of aliphatic hydroxyl groups excluding tert-OH is 1. The van der Waals surface area contributed by atoms with Gasteiger partial charge in [-0.15, -0.1) is 10.2 Å². The summed E-state index contributed by atoms with van der Waals surface area (Å²) in [6.07, 6.45) is 0.886.